The maximum atomic E-state index is 15.7. The van der Waals surface area contributed by atoms with Crippen molar-refractivity contribution >= 4 is 5.97 Å². The molecule has 1 atom stereocenters. The van der Waals surface area contributed by atoms with Crippen molar-refractivity contribution in [2.45, 2.75) is 71.4 Å². The first kappa shape index (κ1) is 37.0. The fourth-order valence-corrected chi connectivity index (χ4v) is 5.52. The molecule has 1 aromatic heterocycles. The fourth-order valence-electron chi connectivity index (χ4n) is 5.52. The van der Waals surface area contributed by atoms with Crippen LogP contribution in [0.15, 0.2) is 76.3 Å². The van der Waals surface area contributed by atoms with Gasteiger partial charge in [-0.2, -0.15) is 13.2 Å². The Morgan fingerprint density at radius 2 is 1.59 bits per heavy atom. The van der Waals surface area contributed by atoms with Crippen LogP contribution in [0.5, 0.6) is 5.75 Å². The molecule has 0 aliphatic rings. The molecule has 262 valence electrons. The Morgan fingerprint density at radius 3 is 2.22 bits per heavy atom. The number of benzene rings is 3. The fraction of sp³-hybridized carbons (Fsp3) is 0.361. The lowest BCUT2D eigenvalue weighted by Crippen LogP contribution is -2.45. The van der Waals surface area contributed by atoms with Gasteiger partial charge in [0.25, 0.3) is 5.56 Å². The highest BCUT2D eigenvalue weighted by Crippen LogP contribution is 2.34. The van der Waals surface area contributed by atoms with Gasteiger partial charge >= 0.3 is 17.8 Å². The lowest BCUT2D eigenvalue weighted by Gasteiger charge is -2.24. The van der Waals surface area contributed by atoms with Gasteiger partial charge in [0.1, 0.15) is 11.4 Å². The van der Waals surface area contributed by atoms with E-state index in [2.05, 4.69) is 5.32 Å². The van der Waals surface area contributed by atoms with Gasteiger partial charge in [-0.05, 0) is 64.4 Å². The highest BCUT2D eigenvalue weighted by atomic mass is 19.4. The summed E-state index contributed by atoms with van der Waals surface area (Å²) >= 11 is 0. The van der Waals surface area contributed by atoms with Gasteiger partial charge in [-0.3, -0.25) is 18.7 Å². The minimum atomic E-state index is -4.95. The van der Waals surface area contributed by atoms with Crippen LogP contribution in [0.2, 0.25) is 0 Å². The van der Waals surface area contributed by atoms with E-state index in [0.29, 0.717) is 18.1 Å². The van der Waals surface area contributed by atoms with Gasteiger partial charge in [0.15, 0.2) is 11.6 Å². The predicted molar refractivity (Wildman–Crippen MR) is 174 cm³/mol. The second-order valence-corrected chi connectivity index (χ2v) is 12.4. The number of esters is 1. The summed E-state index contributed by atoms with van der Waals surface area (Å²) in [5.74, 6) is -2.74. The molecule has 0 unspecified atom stereocenters. The van der Waals surface area contributed by atoms with E-state index in [4.69, 9.17) is 9.47 Å². The van der Waals surface area contributed by atoms with Gasteiger partial charge in [-0.15, -0.1) is 0 Å². The Labute approximate surface area is 280 Å². The van der Waals surface area contributed by atoms with Gasteiger partial charge < -0.3 is 14.8 Å². The van der Waals surface area contributed by atoms with Crippen LogP contribution in [0.25, 0.3) is 11.1 Å². The first-order valence-corrected chi connectivity index (χ1v) is 15.5. The SMILES string of the molecule is COc1cccc(-c2c(C)n(Cc3c(F)cccc3C(F)(F)F)c(=O)n(C[C@H](NCCCC(=O)OC(C)(C)C)c3ccccc3)c2=O)c1F. The number of ether oxygens (including phenoxy) is 2. The second-order valence-electron chi connectivity index (χ2n) is 12.4. The second kappa shape index (κ2) is 15.2. The van der Waals surface area contributed by atoms with Crippen molar-refractivity contribution in [3.63, 3.8) is 0 Å². The number of alkyl halides is 3. The van der Waals surface area contributed by atoms with Gasteiger partial charge in [0.2, 0.25) is 0 Å². The molecular formula is C36H38F5N3O5. The third-order valence-corrected chi connectivity index (χ3v) is 7.82. The number of hydrogen-bond acceptors (Lipinski definition) is 6. The molecule has 4 rings (SSSR count). The van der Waals surface area contributed by atoms with E-state index in [0.717, 1.165) is 21.3 Å². The van der Waals surface area contributed by atoms with Crippen LogP contribution in [0.3, 0.4) is 0 Å². The van der Waals surface area contributed by atoms with Gasteiger partial charge in [0, 0.05) is 23.2 Å². The largest absolute Gasteiger partial charge is 0.494 e. The minimum Gasteiger partial charge on any atom is -0.494 e. The van der Waals surface area contributed by atoms with Crippen molar-refractivity contribution in [2.75, 3.05) is 13.7 Å². The van der Waals surface area contributed by atoms with E-state index in [1.807, 2.05) is 0 Å². The Kier molecular flexibility index (Phi) is 11.5. The molecular weight excluding hydrogens is 649 g/mol. The molecule has 0 fully saturated rings. The Bertz CT molecular complexity index is 1910. The Morgan fingerprint density at radius 1 is 0.918 bits per heavy atom. The van der Waals surface area contributed by atoms with E-state index in [-0.39, 0.29) is 42.1 Å². The van der Waals surface area contributed by atoms with Gasteiger partial charge in [-0.25, -0.2) is 13.6 Å². The first-order valence-electron chi connectivity index (χ1n) is 15.5. The summed E-state index contributed by atoms with van der Waals surface area (Å²) in [5.41, 5.74) is -4.78. The van der Waals surface area contributed by atoms with Crippen molar-refractivity contribution < 1.29 is 36.2 Å². The van der Waals surface area contributed by atoms with Crippen molar-refractivity contribution in [2.24, 2.45) is 0 Å². The molecule has 4 aromatic rings. The molecule has 0 saturated heterocycles. The average Bonchev–Trinajstić information content (AvgIpc) is 3.02. The Hall–Kier alpha value is -4.78. The Balaban J connectivity index is 1.86. The standard InChI is InChI=1S/C36H38F5N3O5/c1-22-31(24-14-9-17-29(48-5)32(24)38)33(46)44(34(47)43(22)20-25-26(36(39,40)41)15-10-16-27(25)37)21-28(23-12-7-6-8-13-23)42-19-11-18-30(45)49-35(2,3)4/h6-10,12-17,28,42H,11,18-21H2,1-5H3/t28-/m0/s1. The maximum absolute atomic E-state index is 15.7. The van der Waals surface area contributed by atoms with E-state index < -0.39 is 64.3 Å². The highest BCUT2D eigenvalue weighted by molar-refractivity contribution is 5.70. The molecule has 1 N–H and O–H groups in total. The lowest BCUT2D eigenvalue weighted by atomic mass is 10.0. The number of halogens is 5. The zero-order valence-electron chi connectivity index (χ0n) is 27.8. The zero-order valence-corrected chi connectivity index (χ0v) is 27.8. The van der Waals surface area contributed by atoms with Gasteiger partial charge in [-0.1, -0.05) is 48.5 Å². The van der Waals surface area contributed by atoms with E-state index in [1.54, 1.807) is 51.1 Å². The van der Waals surface area contributed by atoms with Crippen molar-refractivity contribution in [3.05, 3.63) is 122 Å². The molecule has 8 nitrogen and oxygen atoms in total. The lowest BCUT2D eigenvalue weighted by molar-refractivity contribution is -0.154. The van der Waals surface area contributed by atoms with Crippen molar-refractivity contribution in [3.8, 4) is 16.9 Å². The molecule has 0 spiro atoms. The quantitative estimate of drug-likeness (QED) is 0.100. The number of rotatable bonds is 12. The summed E-state index contributed by atoms with van der Waals surface area (Å²) in [4.78, 5) is 40.5. The number of nitrogens with one attached hydrogen (secondary N) is 1. The number of hydrogen-bond donors (Lipinski definition) is 1. The molecule has 0 bridgehead atoms. The van der Waals surface area contributed by atoms with Crippen molar-refractivity contribution in [1.82, 2.24) is 14.5 Å². The molecule has 1 heterocycles. The highest BCUT2D eigenvalue weighted by Gasteiger charge is 2.35. The molecule has 0 saturated carbocycles. The minimum absolute atomic E-state index is 0.0898. The van der Waals surface area contributed by atoms with Crippen LogP contribution in [-0.2, 0) is 28.8 Å². The number of aromatic nitrogens is 2. The summed E-state index contributed by atoms with van der Waals surface area (Å²) < 4.78 is 84.8. The molecule has 0 aliphatic heterocycles. The maximum Gasteiger partial charge on any atom is 0.416 e. The van der Waals surface area contributed by atoms with Crippen LogP contribution in [0.1, 0.15) is 62.0 Å². The van der Waals surface area contributed by atoms with Crippen LogP contribution in [-0.4, -0.2) is 34.4 Å². The molecule has 3 aromatic carbocycles. The van der Waals surface area contributed by atoms with Crippen LogP contribution in [0, 0.1) is 18.6 Å². The van der Waals surface area contributed by atoms with Crippen molar-refractivity contribution in [1.29, 1.82) is 0 Å². The summed E-state index contributed by atoms with van der Waals surface area (Å²) in [6.45, 7) is 5.57. The molecule has 49 heavy (non-hydrogen) atoms. The molecule has 13 heteroatoms. The number of carbonyl (C=O) groups excluding carboxylic acids is 1. The third kappa shape index (κ3) is 8.83. The zero-order chi connectivity index (χ0) is 36.1. The number of carbonyl (C=O) groups is 1. The number of nitrogens with zero attached hydrogens (tertiary/aromatic N) is 2. The van der Waals surface area contributed by atoms with E-state index >= 15 is 8.78 Å². The molecule has 0 aliphatic carbocycles. The summed E-state index contributed by atoms with van der Waals surface area (Å²) in [5, 5.41) is 3.25. The average molecular weight is 688 g/mol. The van der Waals surface area contributed by atoms with Crippen LogP contribution >= 0.6 is 0 Å². The normalized spacial score (nSPS) is 12.5. The summed E-state index contributed by atoms with van der Waals surface area (Å²) in [6, 6.07) is 14.5. The summed E-state index contributed by atoms with van der Waals surface area (Å²) in [6.07, 6.45) is -4.52. The van der Waals surface area contributed by atoms with E-state index in [1.165, 1.54) is 32.2 Å². The molecule has 0 amide bonds. The topological polar surface area (TPSA) is 91.6 Å². The first-order chi connectivity index (χ1) is 23.0. The van der Waals surface area contributed by atoms with Crippen LogP contribution < -0.4 is 21.3 Å². The molecule has 0 radical (unpaired) electrons. The predicted octanol–water partition coefficient (Wildman–Crippen LogP) is 6.79. The summed E-state index contributed by atoms with van der Waals surface area (Å²) in [7, 11) is 1.23. The van der Waals surface area contributed by atoms with Crippen LogP contribution in [0.4, 0.5) is 22.0 Å². The van der Waals surface area contributed by atoms with E-state index in [9.17, 15) is 27.6 Å². The smallest absolute Gasteiger partial charge is 0.416 e. The third-order valence-electron chi connectivity index (χ3n) is 7.82. The monoisotopic (exact) mass is 687 g/mol. The number of methoxy groups -OCH3 is 1. The van der Waals surface area contributed by atoms with Gasteiger partial charge in [0.05, 0.1) is 37.4 Å².